The summed E-state index contributed by atoms with van der Waals surface area (Å²) in [6, 6.07) is 3.27. The van der Waals surface area contributed by atoms with Crippen LogP contribution >= 0.6 is 0 Å². The lowest BCUT2D eigenvalue weighted by Gasteiger charge is -1.99. The van der Waals surface area contributed by atoms with Crippen LogP contribution in [0.4, 0.5) is 0 Å². The standard InChI is InChI=1S/C7H10BNO2/c1-2-7-5-6(8(10)11)3-4-9-7/h3-5,10-11H,2H2,1H3. The Bertz CT molecular complexity index is 240. The van der Waals surface area contributed by atoms with Crippen molar-refractivity contribution >= 4 is 12.6 Å². The molecule has 0 bridgehead atoms. The summed E-state index contributed by atoms with van der Waals surface area (Å²) < 4.78 is 0. The van der Waals surface area contributed by atoms with Crippen molar-refractivity contribution in [2.75, 3.05) is 0 Å². The molecule has 58 valence electrons. The van der Waals surface area contributed by atoms with Gasteiger partial charge in [0, 0.05) is 11.9 Å². The molecule has 1 rings (SSSR count). The average Bonchev–Trinajstić information content (AvgIpc) is 2.05. The van der Waals surface area contributed by atoms with Gasteiger partial charge in [-0.05, 0) is 24.0 Å². The number of nitrogens with zero attached hydrogens (tertiary/aromatic N) is 1. The molecule has 0 unspecified atom stereocenters. The van der Waals surface area contributed by atoms with Crippen molar-refractivity contribution in [2.24, 2.45) is 0 Å². The second-order valence-corrected chi connectivity index (χ2v) is 2.31. The number of aromatic nitrogens is 1. The van der Waals surface area contributed by atoms with Crippen molar-refractivity contribution in [1.82, 2.24) is 4.98 Å². The molecule has 0 amide bonds. The summed E-state index contributed by atoms with van der Waals surface area (Å²) >= 11 is 0. The second kappa shape index (κ2) is 3.50. The fraction of sp³-hybridized carbons (Fsp3) is 0.286. The molecule has 1 aromatic rings. The molecule has 0 saturated heterocycles. The summed E-state index contributed by atoms with van der Waals surface area (Å²) in [5.74, 6) is 0. The lowest BCUT2D eigenvalue weighted by atomic mass is 9.80. The SMILES string of the molecule is CCc1cc(B(O)O)ccn1. The van der Waals surface area contributed by atoms with E-state index in [4.69, 9.17) is 10.0 Å². The Morgan fingerprint density at radius 3 is 2.82 bits per heavy atom. The molecule has 0 aliphatic heterocycles. The number of rotatable bonds is 2. The van der Waals surface area contributed by atoms with Gasteiger partial charge in [0.1, 0.15) is 0 Å². The number of hydrogen-bond donors (Lipinski definition) is 2. The largest absolute Gasteiger partial charge is 0.488 e. The molecule has 0 aliphatic carbocycles. The minimum Gasteiger partial charge on any atom is -0.423 e. The van der Waals surface area contributed by atoms with Crippen molar-refractivity contribution in [1.29, 1.82) is 0 Å². The van der Waals surface area contributed by atoms with Gasteiger partial charge in [-0.15, -0.1) is 0 Å². The molecule has 0 aromatic carbocycles. The molecule has 0 aliphatic rings. The third-order valence-corrected chi connectivity index (χ3v) is 1.50. The molecule has 4 heteroatoms. The molecule has 0 spiro atoms. The maximum Gasteiger partial charge on any atom is 0.488 e. The summed E-state index contributed by atoms with van der Waals surface area (Å²) in [5, 5.41) is 17.5. The van der Waals surface area contributed by atoms with Gasteiger partial charge in [-0.3, -0.25) is 4.98 Å². The van der Waals surface area contributed by atoms with Crippen molar-refractivity contribution in [3.63, 3.8) is 0 Å². The molecule has 1 heterocycles. The topological polar surface area (TPSA) is 53.4 Å². The number of hydrogen-bond acceptors (Lipinski definition) is 3. The zero-order valence-electron chi connectivity index (χ0n) is 6.36. The summed E-state index contributed by atoms with van der Waals surface area (Å²) in [6.45, 7) is 1.97. The van der Waals surface area contributed by atoms with Gasteiger partial charge in [-0.2, -0.15) is 0 Å². The highest BCUT2D eigenvalue weighted by atomic mass is 16.4. The highest BCUT2D eigenvalue weighted by molar-refractivity contribution is 6.58. The third kappa shape index (κ3) is 2.03. The summed E-state index contributed by atoms with van der Waals surface area (Å²) in [6.07, 6.45) is 2.38. The van der Waals surface area contributed by atoms with Gasteiger partial charge in [0.2, 0.25) is 0 Å². The molecule has 0 radical (unpaired) electrons. The predicted molar refractivity (Wildman–Crippen MR) is 43.4 cm³/mol. The highest BCUT2D eigenvalue weighted by Gasteiger charge is 2.10. The Labute approximate surface area is 65.9 Å². The summed E-state index contributed by atoms with van der Waals surface area (Å²) in [5.41, 5.74) is 1.37. The Hall–Kier alpha value is -0.865. The molecule has 0 saturated carbocycles. The van der Waals surface area contributed by atoms with E-state index in [-0.39, 0.29) is 0 Å². The average molecular weight is 151 g/mol. The summed E-state index contributed by atoms with van der Waals surface area (Å²) in [7, 11) is -1.39. The van der Waals surface area contributed by atoms with Crippen molar-refractivity contribution in [3.8, 4) is 0 Å². The Morgan fingerprint density at radius 2 is 2.27 bits per heavy atom. The zero-order valence-corrected chi connectivity index (χ0v) is 6.36. The van der Waals surface area contributed by atoms with Crippen LogP contribution in [-0.2, 0) is 6.42 Å². The molecule has 11 heavy (non-hydrogen) atoms. The van der Waals surface area contributed by atoms with E-state index in [1.54, 1.807) is 18.3 Å². The maximum atomic E-state index is 8.77. The first-order valence-electron chi connectivity index (χ1n) is 3.55. The van der Waals surface area contributed by atoms with E-state index >= 15 is 0 Å². The Balaban J connectivity index is 2.91. The molecule has 0 atom stereocenters. The van der Waals surface area contributed by atoms with E-state index in [2.05, 4.69) is 4.98 Å². The minimum absolute atomic E-state index is 0.497. The monoisotopic (exact) mass is 151 g/mol. The minimum atomic E-state index is -1.39. The van der Waals surface area contributed by atoms with Gasteiger partial charge in [-0.25, -0.2) is 0 Å². The Morgan fingerprint density at radius 1 is 1.55 bits per heavy atom. The van der Waals surface area contributed by atoms with Crippen LogP contribution in [0, 0.1) is 0 Å². The van der Waals surface area contributed by atoms with E-state index in [0.717, 1.165) is 12.1 Å². The van der Waals surface area contributed by atoms with E-state index in [1.165, 1.54) is 0 Å². The fourth-order valence-electron chi connectivity index (χ4n) is 0.851. The first kappa shape index (κ1) is 8.23. The lowest BCUT2D eigenvalue weighted by Crippen LogP contribution is -2.30. The van der Waals surface area contributed by atoms with Gasteiger partial charge in [0.25, 0.3) is 0 Å². The highest BCUT2D eigenvalue weighted by Crippen LogP contribution is 1.91. The molecule has 2 N–H and O–H groups in total. The van der Waals surface area contributed by atoms with Gasteiger partial charge in [0.05, 0.1) is 0 Å². The third-order valence-electron chi connectivity index (χ3n) is 1.50. The molecule has 1 aromatic heterocycles. The summed E-state index contributed by atoms with van der Waals surface area (Å²) in [4.78, 5) is 4.02. The van der Waals surface area contributed by atoms with Crippen molar-refractivity contribution < 1.29 is 10.0 Å². The van der Waals surface area contributed by atoms with Gasteiger partial charge in [-0.1, -0.05) is 6.92 Å². The first-order valence-corrected chi connectivity index (χ1v) is 3.55. The second-order valence-electron chi connectivity index (χ2n) is 2.31. The number of aryl methyl sites for hydroxylation is 1. The van der Waals surface area contributed by atoms with Gasteiger partial charge >= 0.3 is 7.12 Å². The van der Waals surface area contributed by atoms with E-state index in [0.29, 0.717) is 5.46 Å². The molecule has 0 fully saturated rings. The van der Waals surface area contributed by atoms with Crippen LogP contribution < -0.4 is 5.46 Å². The van der Waals surface area contributed by atoms with Crippen LogP contribution in [0.25, 0.3) is 0 Å². The zero-order chi connectivity index (χ0) is 8.27. The van der Waals surface area contributed by atoms with E-state index < -0.39 is 7.12 Å². The van der Waals surface area contributed by atoms with Crippen LogP contribution in [0.3, 0.4) is 0 Å². The quantitative estimate of drug-likeness (QED) is 0.550. The smallest absolute Gasteiger partial charge is 0.423 e. The van der Waals surface area contributed by atoms with Crippen molar-refractivity contribution in [2.45, 2.75) is 13.3 Å². The van der Waals surface area contributed by atoms with Crippen LogP contribution in [-0.4, -0.2) is 22.2 Å². The molecular weight excluding hydrogens is 141 g/mol. The number of pyridine rings is 1. The van der Waals surface area contributed by atoms with Crippen LogP contribution in [0.15, 0.2) is 18.3 Å². The lowest BCUT2D eigenvalue weighted by molar-refractivity contribution is 0.425. The normalized spacial score (nSPS) is 9.73. The van der Waals surface area contributed by atoms with Crippen LogP contribution in [0.1, 0.15) is 12.6 Å². The van der Waals surface area contributed by atoms with Crippen LogP contribution in [0.2, 0.25) is 0 Å². The van der Waals surface area contributed by atoms with Crippen LogP contribution in [0.5, 0.6) is 0 Å². The van der Waals surface area contributed by atoms with E-state index in [9.17, 15) is 0 Å². The van der Waals surface area contributed by atoms with E-state index in [1.807, 2.05) is 6.92 Å². The predicted octanol–water partition coefficient (Wildman–Crippen LogP) is -0.676. The van der Waals surface area contributed by atoms with Gasteiger partial charge < -0.3 is 10.0 Å². The fourth-order valence-corrected chi connectivity index (χ4v) is 0.851. The Kier molecular flexibility index (Phi) is 2.62. The molecular formula is C7H10BNO2. The van der Waals surface area contributed by atoms with Crippen molar-refractivity contribution in [3.05, 3.63) is 24.0 Å². The maximum absolute atomic E-state index is 8.77. The molecule has 3 nitrogen and oxygen atoms in total. The van der Waals surface area contributed by atoms with Gasteiger partial charge in [0.15, 0.2) is 0 Å². The first-order chi connectivity index (χ1) is 5.24.